The molecule has 0 bridgehead atoms. The van der Waals surface area contributed by atoms with Gasteiger partial charge in [-0.25, -0.2) is 0 Å². The lowest BCUT2D eigenvalue weighted by molar-refractivity contribution is 0.0398. The number of nitrogens with zero attached hydrogens (tertiary/aromatic N) is 4. The Morgan fingerprint density at radius 3 is 2.83 bits per heavy atom. The van der Waals surface area contributed by atoms with Gasteiger partial charge in [-0.1, -0.05) is 0 Å². The van der Waals surface area contributed by atoms with E-state index in [0.29, 0.717) is 5.95 Å². The maximum Gasteiger partial charge on any atom is 0.322 e. The van der Waals surface area contributed by atoms with E-state index in [1.807, 2.05) is 0 Å². The van der Waals surface area contributed by atoms with Gasteiger partial charge in [-0.15, -0.1) is 0 Å². The van der Waals surface area contributed by atoms with Gasteiger partial charge in [0, 0.05) is 26.2 Å². The molecular formula is C10H16ClN5O2. The van der Waals surface area contributed by atoms with Crippen molar-refractivity contribution in [3.8, 4) is 6.01 Å². The number of nitrogens with one attached hydrogen (secondary N) is 1. The molecule has 0 aliphatic carbocycles. The summed E-state index contributed by atoms with van der Waals surface area (Å²) in [7, 11) is 1.49. The summed E-state index contributed by atoms with van der Waals surface area (Å²) in [6.45, 7) is 5.17. The second-order valence-corrected chi connectivity index (χ2v) is 4.13. The van der Waals surface area contributed by atoms with Crippen LogP contribution in [0.25, 0.3) is 0 Å². The van der Waals surface area contributed by atoms with Crippen LogP contribution in [-0.4, -0.2) is 66.4 Å². The Balaban J connectivity index is 1.80. The number of hydrogen-bond donors (Lipinski definition) is 1. The third kappa shape index (κ3) is 3.94. The Hall–Kier alpha value is -1.18. The molecule has 0 spiro atoms. The van der Waals surface area contributed by atoms with Crippen molar-refractivity contribution in [3.63, 3.8) is 0 Å². The zero-order valence-corrected chi connectivity index (χ0v) is 11.0. The van der Waals surface area contributed by atoms with Crippen molar-refractivity contribution in [2.45, 2.75) is 0 Å². The summed E-state index contributed by atoms with van der Waals surface area (Å²) < 4.78 is 10.2. The Kier molecular flexibility index (Phi) is 4.91. The molecule has 2 heterocycles. The second-order valence-electron chi connectivity index (χ2n) is 3.80. The SMILES string of the molecule is COc1nc(Cl)nc(NCCN2CCOCC2)n1. The topological polar surface area (TPSA) is 72.4 Å². The van der Waals surface area contributed by atoms with E-state index in [0.717, 1.165) is 39.4 Å². The van der Waals surface area contributed by atoms with Gasteiger partial charge in [0.15, 0.2) is 0 Å². The van der Waals surface area contributed by atoms with Gasteiger partial charge in [-0.05, 0) is 11.6 Å². The Morgan fingerprint density at radius 1 is 1.33 bits per heavy atom. The van der Waals surface area contributed by atoms with Crippen molar-refractivity contribution >= 4 is 17.5 Å². The summed E-state index contributed by atoms with van der Waals surface area (Å²) in [5.41, 5.74) is 0. The van der Waals surface area contributed by atoms with E-state index in [2.05, 4.69) is 25.2 Å². The third-order valence-corrected chi connectivity index (χ3v) is 2.75. The molecule has 1 aromatic heterocycles. The number of aromatic nitrogens is 3. The fourth-order valence-corrected chi connectivity index (χ4v) is 1.81. The first kappa shape index (κ1) is 13.3. The lowest BCUT2D eigenvalue weighted by Crippen LogP contribution is -2.39. The number of anilines is 1. The first-order chi connectivity index (χ1) is 8.78. The Bertz CT molecular complexity index is 387. The van der Waals surface area contributed by atoms with Crippen LogP contribution in [0.4, 0.5) is 5.95 Å². The molecule has 1 saturated heterocycles. The van der Waals surface area contributed by atoms with Crippen LogP contribution in [-0.2, 0) is 4.74 Å². The molecule has 8 heteroatoms. The lowest BCUT2D eigenvalue weighted by atomic mass is 10.4. The molecule has 1 fully saturated rings. The smallest absolute Gasteiger partial charge is 0.322 e. The highest BCUT2D eigenvalue weighted by atomic mass is 35.5. The minimum Gasteiger partial charge on any atom is -0.467 e. The predicted molar refractivity (Wildman–Crippen MR) is 67.1 cm³/mol. The quantitative estimate of drug-likeness (QED) is 0.826. The van der Waals surface area contributed by atoms with E-state index in [1.165, 1.54) is 7.11 Å². The molecule has 0 atom stereocenters. The zero-order chi connectivity index (χ0) is 12.8. The minimum absolute atomic E-state index is 0.121. The molecule has 0 saturated carbocycles. The molecular weight excluding hydrogens is 258 g/mol. The van der Waals surface area contributed by atoms with E-state index in [-0.39, 0.29) is 11.3 Å². The number of hydrogen-bond acceptors (Lipinski definition) is 7. The molecule has 0 radical (unpaired) electrons. The van der Waals surface area contributed by atoms with E-state index < -0.39 is 0 Å². The minimum atomic E-state index is 0.121. The number of rotatable bonds is 5. The van der Waals surface area contributed by atoms with Crippen molar-refractivity contribution in [3.05, 3.63) is 5.28 Å². The highest BCUT2D eigenvalue weighted by Crippen LogP contribution is 2.10. The van der Waals surface area contributed by atoms with Crippen LogP contribution < -0.4 is 10.1 Å². The molecule has 1 aromatic rings. The van der Waals surface area contributed by atoms with Crippen LogP contribution in [0.15, 0.2) is 0 Å². The monoisotopic (exact) mass is 273 g/mol. The van der Waals surface area contributed by atoms with Crippen molar-refractivity contribution in [1.29, 1.82) is 0 Å². The molecule has 2 rings (SSSR count). The highest BCUT2D eigenvalue weighted by Gasteiger charge is 2.10. The van der Waals surface area contributed by atoms with E-state index in [1.54, 1.807) is 0 Å². The van der Waals surface area contributed by atoms with Gasteiger partial charge in [-0.2, -0.15) is 15.0 Å². The van der Waals surface area contributed by atoms with Crippen molar-refractivity contribution in [2.24, 2.45) is 0 Å². The van der Waals surface area contributed by atoms with Crippen LogP contribution >= 0.6 is 11.6 Å². The van der Waals surface area contributed by atoms with Crippen molar-refractivity contribution in [1.82, 2.24) is 19.9 Å². The summed E-state index contributed by atoms with van der Waals surface area (Å²) in [4.78, 5) is 14.1. The van der Waals surface area contributed by atoms with Gasteiger partial charge in [-0.3, -0.25) is 4.90 Å². The number of ether oxygens (including phenoxy) is 2. The van der Waals surface area contributed by atoms with Gasteiger partial charge in [0.2, 0.25) is 11.2 Å². The van der Waals surface area contributed by atoms with Crippen LogP contribution in [0.2, 0.25) is 5.28 Å². The summed E-state index contributed by atoms with van der Waals surface area (Å²) >= 11 is 5.75. The van der Waals surface area contributed by atoms with Gasteiger partial charge in [0.05, 0.1) is 20.3 Å². The van der Waals surface area contributed by atoms with E-state index >= 15 is 0 Å². The van der Waals surface area contributed by atoms with E-state index in [4.69, 9.17) is 21.1 Å². The molecule has 100 valence electrons. The molecule has 0 aromatic carbocycles. The molecule has 0 amide bonds. The average molecular weight is 274 g/mol. The number of morpholine rings is 1. The van der Waals surface area contributed by atoms with Gasteiger partial charge < -0.3 is 14.8 Å². The summed E-state index contributed by atoms with van der Waals surface area (Å²) in [6, 6.07) is 0.212. The largest absolute Gasteiger partial charge is 0.467 e. The summed E-state index contributed by atoms with van der Waals surface area (Å²) in [5, 5.41) is 3.22. The maximum absolute atomic E-state index is 5.75. The summed E-state index contributed by atoms with van der Waals surface area (Å²) in [6.07, 6.45) is 0. The second kappa shape index (κ2) is 6.67. The Morgan fingerprint density at radius 2 is 2.11 bits per heavy atom. The van der Waals surface area contributed by atoms with Crippen molar-refractivity contribution < 1.29 is 9.47 Å². The maximum atomic E-state index is 5.75. The molecule has 18 heavy (non-hydrogen) atoms. The first-order valence-corrected chi connectivity index (χ1v) is 6.15. The average Bonchev–Trinajstić information content (AvgIpc) is 2.39. The molecule has 0 unspecified atom stereocenters. The van der Waals surface area contributed by atoms with Gasteiger partial charge in [0.25, 0.3) is 0 Å². The fraction of sp³-hybridized carbons (Fsp3) is 0.700. The van der Waals surface area contributed by atoms with Gasteiger partial charge >= 0.3 is 6.01 Å². The fourth-order valence-electron chi connectivity index (χ4n) is 1.65. The standard InChI is InChI=1S/C10H16ClN5O2/c1-17-10-14-8(11)13-9(15-10)12-2-3-16-4-6-18-7-5-16/h2-7H2,1H3,(H,12,13,14,15). The molecule has 7 nitrogen and oxygen atoms in total. The first-order valence-electron chi connectivity index (χ1n) is 5.77. The molecule has 1 aliphatic heterocycles. The van der Waals surface area contributed by atoms with Crippen LogP contribution in [0, 0.1) is 0 Å². The lowest BCUT2D eigenvalue weighted by Gasteiger charge is -2.26. The highest BCUT2D eigenvalue weighted by molar-refractivity contribution is 6.28. The zero-order valence-electron chi connectivity index (χ0n) is 10.2. The Labute approximate surface area is 110 Å². The third-order valence-electron chi connectivity index (χ3n) is 2.59. The van der Waals surface area contributed by atoms with Gasteiger partial charge in [0.1, 0.15) is 0 Å². The van der Waals surface area contributed by atoms with Crippen LogP contribution in [0.3, 0.4) is 0 Å². The molecule has 1 aliphatic rings. The van der Waals surface area contributed by atoms with Crippen molar-refractivity contribution in [2.75, 3.05) is 51.8 Å². The number of halogens is 1. The normalized spacial score (nSPS) is 16.6. The molecule has 1 N–H and O–H groups in total. The summed E-state index contributed by atoms with van der Waals surface area (Å²) in [5.74, 6) is 0.431. The van der Waals surface area contributed by atoms with E-state index in [9.17, 15) is 0 Å². The van der Waals surface area contributed by atoms with Crippen LogP contribution in [0.5, 0.6) is 6.01 Å². The number of methoxy groups -OCH3 is 1. The van der Waals surface area contributed by atoms with Crippen LogP contribution in [0.1, 0.15) is 0 Å². The predicted octanol–water partition coefficient (Wildman–Crippen LogP) is 0.278.